The van der Waals surface area contributed by atoms with Crippen molar-refractivity contribution in [2.45, 2.75) is 70.5 Å². The van der Waals surface area contributed by atoms with Crippen LogP contribution < -0.4 is 4.74 Å². The van der Waals surface area contributed by atoms with Gasteiger partial charge in [0.2, 0.25) is 17.7 Å². The molecule has 4 fully saturated rings. The third kappa shape index (κ3) is 4.67. The standard InChI is InChI=1S/C32H37N3O5/c1-3-19-40-25-14-12-22(13-15-25)21-6-8-23(9-7-21)30(37)33-17-4-5-27(33)32(39)34-18-16-26-28(34)20(2)29(36)35(26)31(38)24-10-11-24/h6-9,12-15,20,24,26-28H,3-5,10-11,16-19H2,1-2H3/t20-,26-,27-,28+/m0/s1. The van der Waals surface area contributed by atoms with E-state index in [4.69, 9.17) is 4.74 Å². The summed E-state index contributed by atoms with van der Waals surface area (Å²) in [7, 11) is 0. The summed E-state index contributed by atoms with van der Waals surface area (Å²) in [5.41, 5.74) is 2.59. The van der Waals surface area contributed by atoms with Crippen LogP contribution >= 0.6 is 0 Å². The number of carbonyl (C=O) groups excluding carboxylic acids is 4. The number of hydrogen-bond donors (Lipinski definition) is 0. The average molecular weight is 544 g/mol. The van der Waals surface area contributed by atoms with Gasteiger partial charge in [0, 0.05) is 24.6 Å². The van der Waals surface area contributed by atoms with Crippen LogP contribution in [0.3, 0.4) is 0 Å². The quantitative estimate of drug-likeness (QED) is 0.490. The molecule has 8 heteroatoms. The van der Waals surface area contributed by atoms with Gasteiger partial charge < -0.3 is 14.5 Å². The van der Waals surface area contributed by atoms with Gasteiger partial charge in [-0.2, -0.15) is 0 Å². The first-order chi connectivity index (χ1) is 19.4. The fourth-order valence-electron chi connectivity index (χ4n) is 6.66. The lowest BCUT2D eigenvalue weighted by Gasteiger charge is -2.32. The van der Waals surface area contributed by atoms with Crippen molar-refractivity contribution in [2.75, 3.05) is 19.7 Å². The largest absolute Gasteiger partial charge is 0.494 e. The maximum absolute atomic E-state index is 13.9. The van der Waals surface area contributed by atoms with Gasteiger partial charge in [0.05, 0.1) is 24.6 Å². The van der Waals surface area contributed by atoms with Crippen LogP contribution in [0.25, 0.3) is 11.1 Å². The summed E-state index contributed by atoms with van der Waals surface area (Å²) in [6.07, 6.45) is 4.62. The number of nitrogens with zero attached hydrogens (tertiary/aromatic N) is 3. The fraction of sp³-hybridized carbons (Fsp3) is 0.500. The molecule has 6 rings (SSSR count). The molecule has 4 atom stereocenters. The molecule has 0 unspecified atom stereocenters. The third-order valence-electron chi connectivity index (χ3n) is 8.93. The van der Waals surface area contributed by atoms with Gasteiger partial charge in [-0.1, -0.05) is 38.1 Å². The fourth-order valence-corrected chi connectivity index (χ4v) is 6.66. The summed E-state index contributed by atoms with van der Waals surface area (Å²) in [4.78, 5) is 58.2. The first-order valence-electron chi connectivity index (χ1n) is 14.7. The second kappa shape index (κ2) is 10.7. The van der Waals surface area contributed by atoms with E-state index in [0.717, 1.165) is 42.6 Å². The lowest BCUT2D eigenvalue weighted by atomic mass is 10.00. The summed E-state index contributed by atoms with van der Waals surface area (Å²) in [5.74, 6) is -0.0847. The smallest absolute Gasteiger partial charge is 0.254 e. The van der Waals surface area contributed by atoms with Crippen molar-refractivity contribution in [3.05, 3.63) is 54.1 Å². The second-order valence-electron chi connectivity index (χ2n) is 11.6. The number of likely N-dealkylation sites (tertiary alicyclic amines) is 3. The molecule has 0 N–H and O–H groups in total. The van der Waals surface area contributed by atoms with Crippen molar-refractivity contribution in [1.82, 2.24) is 14.7 Å². The molecule has 2 aromatic carbocycles. The zero-order valence-corrected chi connectivity index (χ0v) is 23.3. The van der Waals surface area contributed by atoms with Crippen LogP contribution in [-0.2, 0) is 14.4 Å². The zero-order valence-electron chi connectivity index (χ0n) is 23.3. The topological polar surface area (TPSA) is 87.2 Å². The van der Waals surface area contributed by atoms with Crippen molar-refractivity contribution in [3.63, 3.8) is 0 Å². The monoisotopic (exact) mass is 543 g/mol. The van der Waals surface area contributed by atoms with Crippen molar-refractivity contribution < 1.29 is 23.9 Å². The molecular formula is C32H37N3O5. The van der Waals surface area contributed by atoms with E-state index >= 15 is 0 Å². The van der Waals surface area contributed by atoms with Crippen LogP contribution in [0.1, 0.15) is 62.7 Å². The van der Waals surface area contributed by atoms with E-state index in [1.54, 1.807) is 9.80 Å². The Morgan fingerprint density at radius 2 is 1.52 bits per heavy atom. The highest BCUT2D eigenvalue weighted by Crippen LogP contribution is 2.41. The van der Waals surface area contributed by atoms with Gasteiger partial charge in [-0.15, -0.1) is 0 Å². The molecule has 0 bridgehead atoms. The molecule has 0 aromatic heterocycles. The number of amides is 4. The van der Waals surface area contributed by atoms with E-state index in [1.165, 1.54) is 4.90 Å². The minimum absolute atomic E-state index is 0.0341. The number of benzene rings is 2. The highest BCUT2D eigenvalue weighted by atomic mass is 16.5. The van der Waals surface area contributed by atoms with Gasteiger partial charge >= 0.3 is 0 Å². The van der Waals surface area contributed by atoms with Crippen LogP contribution in [0, 0.1) is 11.8 Å². The molecule has 1 aliphatic carbocycles. The molecule has 4 amide bonds. The number of carbonyl (C=O) groups is 4. The first kappa shape index (κ1) is 26.5. The molecular weight excluding hydrogens is 506 g/mol. The molecule has 40 heavy (non-hydrogen) atoms. The zero-order chi connectivity index (χ0) is 28.0. The van der Waals surface area contributed by atoms with Crippen molar-refractivity contribution in [3.8, 4) is 16.9 Å². The Bertz CT molecular complexity index is 1300. The third-order valence-corrected chi connectivity index (χ3v) is 8.93. The lowest BCUT2D eigenvalue weighted by molar-refractivity contribution is -0.146. The predicted octanol–water partition coefficient (Wildman–Crippen LogP) is 4.13. The second-order valence-corrected chi connectivity index (χ2v) is 11.6. The normalized spacial score (nSPS) is 25.9. The highest BCUT2D eigenvalue weighted by Gasteiger charge is 2.57. The maximum atomic E-state index is 13.9. The summed E-state index contributed by atoms with van der Waals surface area (Å²) < 4.78 is 5.67. The van der Waals surface area contributed by atoms with E-state index in [0.29, 0.717) is 38.1 Å². The number of rotatable bonds is 7. The summed E-state index contributed by atoms with van der Waals surface area (Å²) in [6, 6.07) is 14.3. The Morgan fingerprint density at radius 3 is 2.17 bits per heavy atom. The average Bonchev–Trinajstić information content (AvgIpc) is 3.47. The Balaban J connectivity index is 1.14. The van der Waals surface area contributed by atoms with E-state index in [-0.39, 0.29) is 41.6 Å². The Morgan fingerprint density at radius 1 is 0.850 bits per heavy atom. The van der Waals surface area contributed by atoms with Gasteiger partial charge in [-0.25, -0.2) is 0 Å². The van der Waals surface area contributed by atoms with Gasteiger partial charge in [0.15, 0.2) is 0 Å². The Kier molecular flexibility index (Phi) is 7.11. The molecule has 3 aliphatic heterocycles. The summed E-state index contributed by atoms with van der Waals surface area (Å²) >= 11 is 0. The molecule has 210 valence electrons. The lowest BCUT2D eigenvalue weighted by Crippen LogP contribution is -2.51. The van der Waals surface area contributed by atoms with E-state index in [9.17, 15) is 19.2 Å². The van der Waals surface area contributed by atoms with Crippen molar-refractivity contribution in [2.24, 2.45) is 11.8 Å². The number of imide groups is 1. The van der Waals surface area contributed by atoms with Crippen LogP contribution in [-0.4, -0.2) is 76.2 Å². The van der Waals surface area contributed by atoms with Crippen LogP contribution in [0.4, 0.5) is 0 Å². The van der Waals surface area contributed by atoms with Gasteiger partial charge in [-0.05, 0) is 73.9 Å². The van der Waals surface area contributed by atoms with Crippen LogP contribution in [0.2, 0.25) is 0 Å². The van der Waals surface area contributed by atoms with Crippen molar-refractivity contribution in [1.29, 1.82) is 0 Å². The number of fused-ring (bicyclic) bond motifs is 1. The molecule has 0 radical (unpaired) electrons. The molecule has 8 nitrogen and oxygen atoms in total. The SMILES string of the molecule is CCCOc1ccc(-c2ccc(C(=O)N3CCC[C@H]3C(=O)N3CC[C@H]4[C@H]3[C@H](C)C(=O)N4C(=O)C3CC3)cc2)cc1. The molecule has 1 saturated carbocycles. The molecule has 3 heterocycles. The number of hydrogen-bond acceptors (Lipinski definition) is 5. The molecule has 2 aromatic rings. The molecule has 4 aliphatic rings. The maximum Gasteiger partial charge on any atom is 0.254 e. The van der Waals surface area contributed by atoms with E-state index in [1.807, 2.05) is 55.5 Å². The Labute approximate surface area is 235 Å². The predicted molar refractivity (Wildman–Crippen MR) is 149 cm³/mol. The van der Waals surface area contributed by atoms with Crippen molar-refractivity contribution >= 4 is 23.6 Å². The van der Waals surface area contributed by atoms with Gasteiger partial charge in [-0.3, -0.25) is 24.1 Å². The van der Waals surface area contributed by atoms with Gasteiger partial charge in [0.25, 0.3) is 5.91 Å². The van der Waals surface area contributed by atoms with Gasteiger partial charge in [0.1, 0.15) is 11.8 Å². The van der Waals surface area contributed by atoms with E-state index in [2.05, 4.69) is 6.92 Å². The minimum Gasteiger partial charge on any atom is -0.494 e. The highest BCUT2D eigenvalue weighted by molar-refractivity contribution is 6.02. The molecule has 0 spiro atoms. The van der Waals surface area contributed by atoms with Crippen LogP contribution in [0.15, 0.2) is 48.5 Å². The first-order valence-corrected chi connectivity index (χ1v) is 14.7. The molecule has 3 saturated heterocycles. The summed E-state index contributed by atoms with van der Waals surface area (Å²) in [5, 5.41) is 0. The van der Waals surface area contributed by atoms with E-state index < -0.39 is 12.0 Å². The summed E-state index contributed by atoms with van der Waals surface area (Å²) in [6.45, 7) is 5.62. The number of ether oxygens (including phenoxy) is 1. The van der Waals surface area contributed by atoms with Crippen LogP contribution in [0.5, 0.6) is 5.75 Å². The Hall–Kier alpha value is -3.68. The minimum atomic E-state index is -0.544.